The number of rotatable bonds is 6. The van der Waals surface area contributed by atoms with E-state index in [2.05, 4.69) is 5.32 Å². The van der Waals surface area contributed by atoms with Gasteiger partial charge in [0.05, 0.1) is 11.8 Å². The Labute approximate surface area is 90.0 Å². The van der Waals surface area contributed by atoms with E-state index in [-0.39, 0.29) is 30.5 Å². The van der Waals surface area contributed by atoms with Gasteiger partial charge in [-0.15, -0.1) is 0 Å². The summed E-state index contributed by atoms with van der Waals surface area (Å²) >= 11 is 0. The highest BCUT2D eigenvalue weighted by Gasteiger charge is 2.16. The number of nitrogens with two attached hydrogens (primary N) is 1. The lowest BCUT2D eigenvalue weighted by atomic mass is 10.1. The number of carbonyl (C=O) groups excluding carboxylic acids is 1. The van der Waals surface area contributed by atoms with Gasteiger partial charge in [0.25, 0.3) is 10.1 Å². The van der Waals surface area contributed by atoms with Crippen molar-refractivity contribution in [3.05, 3.63) is 0 Å². The second kappa shape index (κ2) is 6.04. The molecule has 0 fully saturated rings. The molecule has 0 aromatic rings. The van der Waals surface area contributed by atoms with Gasteiger partial charge in [0.1, 0.15) is 0 Å². The van der Waals surface area contributed by atoms with Crippen LogP contribution in [0.15, 0.2) is 0 Å². The average Bonchev–Trinajstić information content (AvgIpc) is 2.09. The van der Waals surface area contributed by atoms with Gasteiger partial charge in [-0.3, -0.25) is 9.35 Å². The van der Waals surface area contributed by atoms with Crippen molar-refractivity contribution in [3.63, 3.8) is 0 Å². The quantitative estimate of drug-likeness (QED) is 0.421. The van der Waals surface area contributed by atoms with Crippen molar-refractivity contribution < 1.29 is 17.8 Å². The summed E-state index contributed by atoms with van der Waals surface area (Å²) in [5, 5.41) is 2.50. The van der Waals surface area contributed by atoms with Crippen molar-refractivity contribution in [2.45, 2.75) is 26.3 Å². The van der Waals surface area contributed by atoms with Crippen molar-refractivity contribution >= 4 is 16.0 Å². The second-order valence-electron chi connectivity index (χ2n) is 3.70. The van der Waals surface area contributed by atoms with E-state index in [9.17, 15) is 13.2 Å². The fraction of sp³-hybridized carbons (Fsp3) is 0.875. The van der Waals surface area contributed by atoms with Crippen molar-refractivity contribution in [3.8, 4) is 0 Å². The zero-order chi connectivity index (χ0) is 12.1. The van der Waals surface area contributed by atoms with E-state index in [4.69, 9.17) is 10.3 Å². The first-order chi connectivity index (χ1) is 6.74. The summed E-state index contributed by atoms with van der Waals surface area (Å²) < 4.78 is 29.1. The molecule has 0 saturated carbocycles. The van der Waals surface area contributed by atoms with Crippen LogP contribution in [0.3, 0.4) is 0 Å². The van der Waals surface area contributed by atoms with E-state index in [1.807, 2.05) is 13.8 Å². The maximum absolute atomic E-state index is 11.3. The van der Waals surface area contributed by atoms with Gasteiger partial charge in [-0.2, -0.15) is 8.42 Å². The van der Waals surface area contributed by atoms with Crippen LogP contribution < -0.4 is 11.1 Å². The fourth-order valence-corrected chi connectivity index (χ4v) is 1.40. The van der Waals surface area contributed by atoms with Gasteiger partial charge in [0.2, 0.25) is 5.91 Å². The van der Waals surface area contributed by atoms with Crippen LogP contribution in [0.2, 0.25) is 0 Å². The molecule has 90 valence electrons. The van der Waals surface area contributed by atoms with Gasteiger partial charge in [-0.25, -0.2) is 0 Å². The molecule has 0 aliphatic rings. The lowest BCUT2D eigenvalue weighted by Crippen LogP contribution is -2.44. The molecule has 0 saturated heterocycles. The van der Waals surface area contributed by atoms with E-state index in [0.29, 0.717) is 0 Å². The van der Waals surface area contributed by atoms with Crippen LogP contribution in [0.25, 0.3) is 0 Å². The number of nitrogens with one attached hydrogen (secondary N) is 1. The number of carbonyl (C=O) groups is 1. The summed E-state index contributed by atoms with van der Waals surface area (Å²) in [7, 11) is -3.94. The van der Waals surface area contributed by atoms with Crippen LogP contribution in [-0.4, -0.2) is 37.2 Å². The van der Waals surface area contributed by atoms with Crippen LogP contribution in [0.4, 0.5) is 0 Å². The molecule has 0 heterocycles. The lowest BCUT2D eigenvalue weighted by molar-refractivity contribution is -0.123. The molecule has 0 rings (SSSR count). The summed E-state index contributed by atoms with van der Waals surface area (Å²) in [6.07, 6.45) is 0.176. The normalized spacial score (nSPS) is 13.9. The molecular weight excluding hydrogens is 220 g/mol. The third-order valence-electron chi connectivity index (χ3n) is 1.90. The van der Waals surface area contributed by atoms with Crippen LogP contribution in [0.1, 0.15) is 20.3 Å². The van der Waals surface area contributed by atoms with E-state index in [1.165, 1.54) is 0 Å². The van der Waals surface area contributed by atoms with Gasteiger partial charge in [0.15, 0.2) is 0 Å². The maximum Gasteiger partial charge on any atom is 0.264 e. The Morgan fingerprint density at radius 2 is 2.00 bits per heavy atom. The van der Waals surface area contributed by atoms with E-state index >= 15 is 0 Å². The molecule has 0 unspecified atom stereocenters. The number of hydrogen-bond donors (Lipinski definition) is 3. The Morgan fingerprint density at radius 3 is 2.40 bits per heavy atom. The maximum atomic E-state index is 11.3. The second-order valence-corrected chi connectivity index (χ2v) is 5.27. The van der Waals surface area contributed by atoms with E-state index in [0.717, 1.165) is 0 Å². The average molecular weight is 238 g/mol. The first-order valence-electron chi connectivity index (χ1n) is 4.72. The minimum atomic E-state index is -3.94. The monoisotopic (exact) mass is 238 g/mol. The van der Waals surface area contributed by atoms with Gasteiger partial charge >= 0.3 is 0 Å². The van der Waals surface area contributed by atoms with Crippen molar-refractivity contribution in [2.24, 2.45) is 11.7 Å². The Kier molecular flexibility index (Phi) is 5.77. The third kappa shape index (κ3) is 7.29. The molecule has 0 bridgehead atoms. The van der Waals surface area contributed by atoms with Gasteiger partial charge in [-0.1, -0.05) is 13.8 Å². The Morgan fingerprint density at radius 1 is 1.47 bits per heavy atom. The molecule has 0 radical (unpaired) electrons. The fourth-order valence-electron chi connectivity index (χ4n) is 0.887. The summed E-state index contributed by atoms with van der Waals surface area (Å²) in [5.74, 6) is -0.628. The molecule has 4 N–H and O–H groups in total. The molecule has 1 atom stereocenters. The van der Waals surface area contributed by atoms with Crippen molar-refractivity contribution in [1.29, 1.82) is 0 Å². The molecule has 0 aromatic carbocycles. The topological polar surface area (TPSA) is 109 Å². The predicted molar refractivity (Wildman–Crippen MR) is 56.9 cm³/mol. The van der Waals surface area contributed by atoms with Gasteiger partial charge in [0, 0.05) is 6.54 Å². The molecule has 15 heavy (non-hydrogen) atoms. The Balaban J connectivity index is 3.74. The number of hydrogen-bond acceptors (Lipinski definition) is 4. The Hall–Kier alpha value is -0.660. The minimum Gasteiger partial charge on any atom is -0.355 e. The van der Waals surface area contributed by atoms with Crippen molar-refractivity contribution in [1.82, 2.24) is 5.32 Å². The SMILES string of the molecule is CC(C)[C@H](N)C(=O)NCCCS(=O)(=O)O. The van der Waals surface area contributed by atoms with Crippen LogP contribution in [-0.2, 0) is 14.9 Å². The highest BCUT2D eigenvalue weighted by molar-refractivity contribution is 7.85. The van der Waals surface area contributed by atoms with E-state index < -0.39 is 16.2 Å². The minimum absolute atomic E-state index is 0.0339. The van der Waals surface area contributed by atoms with Gasteiger partial charge < -0.3 is 11.1 Å². The van der Waals surface area contributed by atoms with E-state index in [1.54, 1.807) is 0 Å². The lowest BCUT2D eigenvalue weighted by Gasteiger charge is -2.14. The molecule has 0 aliphatic carbocycles. The zero-order valence-electron chi connectivity index (χ0n) is 8.93. The summed E-state index contributed by atoms with van der Waals surface area (Å²) in [6, 6.07) is -0.587. The highest BCUT2D eigenvalue weighted by Crippen LogP contribution is 1.97. The number of amides is 1. The molecule has 7 heteroatoms. The molecule has 0 spiro atoms. The predicted octanol–water partition coefficient (Wildman–Crippen LogP) is -0.636. The van der Waals surface area contributed by atoms with Crippen LogP contribution in [0.5, 0.6) is 0 Å². The first-order valence-corrected chi connectivity index (χ1v) is 6.33. The highest BCUT2D eigenvalue weighted by atomic mass is 32.2. The zero-order valence-corrected chi connectivity index (χ0v) is 9.75. The van der Waals surface area contributed by atoms with Crippen LogP contribution in [0, 0.1) is 5.92 Å². The molecule has 0 aliphatic heterocycles. The summed E-state index contributed by atoms with van der Waals surface area (Å²) in [4.78, 5) is 11.3. The largest absolute Gasteiger partial charge is 0.355 e. The van der Waals surface area contributed by atoms with Gasteiger partial charge in [-0.05, 0) is 12.3 Å². The molecular formula is C8H18N2O4S. The molecule has 1 amide bonds. The molecule has 0 aromatic heterocycles. The smallest absolute Gasteiger partial charge is 0.264 e. The van der Waals surface area contributed by atoms with Crippen molar-refractivity contribution in [2.75, 3.05) is 12.3 Å². The summed E-state index contributed by atoms with van der Waals surface area (Å²) in [5.41, 5.74) is 5.55. The molecule has 6 nitrogen and oxygen atoms in total. The summed E-state index contributed by atoms with van der Waals surface area (Å²) in [6.45, 7) is 3.84. The standard InChI is InChI=1S/C8H18N2O4S/c1-6(2)7(9)8(11)10-4-3-5-15(12,13)14/h6-7H,3-5,9H2,1-2H3,(H,10,11)(H,12,13,14)/t7-/m0/s1. The Bertz CT molecular complexity index is 300. The first kappa shape index (κ1) is 14.3. The third-order valence-corrected chi connectivity index (χ3v) is 2.70. The van der Waals surface area contributed by atoms with Crippen LogP contribution >= 0.6 is 0 Å².